The van der Waals surface area contributed by atoms with E-state index in [0.29, 0.717) is 0 Å². The maximum absolute atomic E-state index is 13.8. The molecule has 112 valence electrons. The predicted octanol–water partition coefficient (Wildman–Crippen LogP) is 2.27. The Bertz CT molecular complexity index is 656. The van der Waals surface area contributed by atoms with E-state index in [1.807, 2.05) is 0 Å². The van der Waals surface area contributed by atoms with Gasteiger partial charge < -0.3 is 5.11 Å². The van der Waals surface area contributed by atoms with Crippen molar-refractivity contribution in [2.75, 3.05) is 0 Å². The van der Waals surface area contributed by atoms with Gasteiger partial charge in [0.2, 0.25) is 0 Å². The van der Waals surface area contributed by atoms with Crippen LogP contribution in [-0.4, -0.2) is 31.3 Å². The Hall–Kier alpha value is -2.02. The number of nitrogens with zero attached hydrogens (tertiary/aromatic N) is 4. The molecule has 1 aromatic heterocycles. The van der Waals surface area contributed by atoms with Gasteiger partial charge in [0.25, 0.3) is 0 Å². The summed E-state index contributed by atoms with van der Waals surface area (Å²) in [5.74, 6) is -1.29. The minimum absolute atomic E-state index is 0.0153. The number of carboxylic acid groups (broad SMARTS) is 1. The number of hydrogen-bond donors (Lipinski definition) is 1. The zero-order valence-electron chi connectivity index (χ0n) is 11.5. The smallest absolute Gasteiger partial charge is 0.331 e. The highest BCUT2D eigenvalue weighted by molar-refractivity contribution is 6.31. The van der Waals surface area contributed by atoms with Crippen LogP contribution >= 0.6 is 11.6 Å². The first-order valence-electron chi connectivity index (χ1n) is 6.34. The van der Waals surface area contributed by atoms with Gasteiger partial charge in [-0.1, -0.05) is 24.6 Å². The SMILES string of the molecule is CCC(C)(C(=O)O)n1nnnc1Cc1c(F)cccc1Cl. The number of aromatic nitrogens is 4. The summed E-state index contributed by atoms with van der Waals surface area (Å²) in [6, 6.07) is 4.34. The monoisotopic (exact) mass is 312 g/mol. The summed E-state index contributed by atoms with van der Waals surface area (Å²) in [5, 5.41) is 20.7. The quantitative estimate of drug-likeness (QED) is 0.916. The summed E-state index contributed by atoms with van der Waals surface area (Å²) in [4.78, 5) is 11.5. The van der Waals surface area contributed by atoms with E-state index in [1.54, 1.807) is 13.0 Å². The molecule has 21 heavy (non-hydrogen) atoms. The van der Waals surface area contributed by atoms with Gasteiger partial charge in [0.05, 0.1) is 0 Å². The fourth-order valence-corrected chi connectivity index (χ4v) is 2.18. The van der Waals surface area contributed by atoms with Crippen LogP contribution in [0.15, 0.2) is 18.2 Å². The molecule has 0 fully saturated rings. The summed E-state index contributed by atoms with van der Waals surface area (Å²) < 4.78 is 15.0. The van der Waals surface area contributed by atoms with E-state index < -0.39 is 17.3 Å². The second-order valence-corrected chi connectivity index (χ2v) is 5.22. The van der Waals surface area contributed by atoms with E-state index >= 15 is 0 Å². The maximum Gasteiger partial charge on any atom is 0.331 e. The molecule has 0 spiro atoms. The highest BCUT2D eigenvalue weighted by Gasteiger charge is 2.37. The molecule has 0 aliphatic rings. The van der Waals surface area contributed by atoms with E-state index in [9.17, 15) is 14.3 Å². The van der Waals surface area contributed by atoms with Gasteiger partial charge in [0, 0.05) is 17.0 Å². The molecule has 0 amide bonds. The molecule has 1 unspecified atom stereocenters. The number of tetrazole rings is 1. The van der Waals surface area contributed by atoms with Crippen LogP contribution in [0, 0.1) is 5.82 Å². The van der Waals surface area contributed by atoms with E-state index in [4.69, 9.17) is 11.6 Å². The van der Waals surface area contributed by atoms with E-state index in [0.717, 1.165) is 0 Å². The van der Waals surface area contributed by atoms with Gasteiger partial charge in [0.15, 0.2) is 11.4 Å². The van der Waals surface area contributed by atoms with Gasteiger partial charge in [-0.15, -0.1) is 5.10 Å². The molecule has 0 aliphatic carbocycles. The first-order valence-corrected chi connectivity index (χ1v) is 6.72. The molecular weight excluding hydrogens is 299 g/mol. The van der Waals surface area contributed by atoms with Gasteiger partial charge in [-0.3, -0.25) is 0 Å². The molecule has 6 nitrogen and oxygen atoms in total. The summed E-state index contributed by atoms with van der Waals surface area (Å²) in [7, 11) is 0. The Morgan fingerprint density at radius 1 is 1.52 bits per heavy atom. The Morgan fingerprint density at radius 3 is 2.81 bits per heavy atom. The Labute approximate surface area is 125 Å². The fraction of sp³-hybridized carbons (Fsp3) is 0.385. The van der Waals surface area contributed by atoms with Crippen molar-refractivity contribution in [2.45, 2.75) is 32.2 Å². The van der Waals surface area contributed by atoms with Crippen LogP contribution in [0.1, 0.15) is 31.7 Å². The molecule has 1 heterocycles. The highest BCUT2D eigenvalue weighted by atomic mass is 35.5. The predicted molar refractivity (Wildman–Crippen MR) is 73.6 cm³/mol. The lowest BCUT2D eigenvalue weighted by atomic mass is 9.99. The third-order valence-electron chi connectivity index (χ3n) is 3.55. The molecule has 0 radical (unpaired) electrons. The Balaban J connectivity index is 2.45. The molecule has 0 saturated heterocycles. The van der Waals surface area contributed by atoms with Gasteiger partial charge in [-0.05, 0) is 35.9 Å². The number of rotatable bonds is 5. The summed E-state index contributed by atoms with van der Waals surface area (Å²) in [6.07, 6.45) is 0.298. The van der Waals surface area contributed by atoms with Crippen LogP contribution in [0.2, 0.25) is 5.02 Å². The molecule has 8 heteroatoms. The van der Waals surface area contributed by atoms with Crippen LogP contribution < -0.4 is 0 Å². The zero-order valence-corrected chi connectivity index (χ0v) is 12.3. The number of hydrogen-bond acceptors (Lipinski definition) is 4. The standard InChI is InChI=1S/C13H14ClFN4O2/c1-3-13(2,12(20)21)19-11(16-17-18-19)7-8-9(14)5-4-6-10(8)15/h4-6H,3,7H2,1-2H3,(H,20,21). The maximum atomic E-state index is 13.8. The number of benzene rings is 1. The van der Waals surface area contributed by atoms with Crippen LogP contribution in [0.5, 0.6) is 0 Å². The number of halogens is 2. The Morgan fingerprint density at radius 2 is 2.24 bits per heavy atom. The Kier molecular flexibility index (Phi) is 4.22. The van der Waals surface area contributed by atoms with Crippen LogP contribution in [-0.2, 0) is 16.8 Å². The average Bonchev–Trinajstić information content (AvgIpc) is 2.90. The van der Waals surface area contributed by atoms with E-state index in [2.05, 4.69) is 15.5 Å². The van der Waals surface area contributed by atoms with Gasteiger partial charge >= 0.3 is 5.97 Å². The minimum Gasteiger partial charge on any atom is -0.479 e. The molecule has 0 aliphatic heterocycles. The molecule has 1 aromatic carbocycles. The fourth-order valence-electron chi connectivity index (χ4n) is 1.95. The summed E-state index contributed by atoms with van der Waals surface area (Å²) >= 11 is 5.98. The third kappa shape index (κ3) is 2.73. The normalized spacial score (nSPS) is 13.9. The van der Waals surface area contributed by atoms with E-state index in [-0.39, 0.29) is 29.3 Å². The van der Waals surface area contributed by atoms with Crippen molar-refractivity contribution in [3.8, 4) is 0 Å². The van der Waals surface area contributed by atoms with Crippen LogP contribution in [0.4, 0.5) is 4.39 Å². The molecular formula is C13H14ClFN4O2. The lowest BCUT2D eigenvalue weighted by Gasteiger charge is -2.24. The molecule has 1 N–H and O–H groups in total. The van der Waals surface area contributed by atoms with Crippen molar-refractivity contribution < 1.29 is 14.3 Å². The lowest BCUT2D eigenvalue weighted by molar-refractivity contribution is -0.147. The van der Waals surface area contributed by atoms with Crippen LogP contribution in [0.3, 0.4) is 0 Å². The van der Waals surface area contributed by atoms with Crippen molar-refractivity contribution in [3.05, 3.63) is 40.4 Å². The van der Waals surface area contributed by atoms with Crippen molar-refractivity contribution in [3.63, 3.8) is 0 Å². The second kappa shape index (κ2) is 5.77. The van der Waals surface area contributed by atoms with Crippen molar-refractivity contribution >= 4 is 17.6 Å². The summed E-state index contributed by atoms with van der Waals surface area (Å²) in [6.45, 7) is 3.23. The zero-order chi connectivity index (χ0) is 15.6. The second-order valence-electron chi connectivity index (χ2n) is 4.82. The van der Waals surface area contributed by atoms with Crippen LogP contribution in [0.25, 0.3) is 0 Å². The first kappa shape index (κ1) is 15.4. The average molecular weight is 313 g/mol. The number of carbonyl (C=O) groups is 1. The van der Waals surface area contributed by atoms with E-state index in [1.165, 1.54) is 23.7 Å². The third-order valence-corrected chi connectivity index (χ3v) is 3.90. The molecule has 1 atom stereocenters. The van der Waals surface area contributed by atoms with Gasteiger partial charge in [0.1, 0.15) is 5.82 Å². The topological polar surface area (TPSA) is 80.9 Å². The largest absolute Gasteiger partial charge is 0.479 e. The van der Waals surface area contributed by atoms with Crippen molar-refractivity contribution in [1.82, 2.24) is 20.2 Å². The molecule has 0 bridgehead atoms. The van der Waals surface area contributed by atoms with Crippen molar-refractivity contribution in [2.24, 2.45) is 0 Å². The molecule has 2 aromatic rings. The van der Waals surface area contributed by atoms with Gasteiger partial charge in [-0.25, -0.2) is 13.9 Å². The summed E-state index contributed by atoms with van der Waals surface area (Å²) in [5.41, 5.74) is -1.06. The molecule has 0 saturated carbocycles. The number of carboxylic acids is 1. The minimum atomic E-state index is -1.30. The van der Waals surface area contributed by atoms with Gasteiger partial charge in [-0.2, -0.15) is 0 Å². The first-order chi connectivity index (χ1) is 9.90. The molecule has 2 rings (SSSR count). The van der Waals surface area contributed by atoms with Crippen molar-refractivity contribution in [1.29, 1.82) is 0 Å². The highest BCUT2D eigenvalue weighted by Crippen LogP contribution is 2.25. The lowest BCUT2D eigenvalue weighted by Crippen LogP contribution is -2.40. The number of aliphatic carboxylic acids is 1.